The van der Waals surface area contributed by atoms with E-state index in [4.69, 9.17) is 28.5 Å². The Morgan fingerprint density at radius 1 is 0.842 bits per heavy atom. The van der Waals surface area contributed by atoms with Crippen molar-refractivity contribution in [2.45, 2.75) is 17.2 Å². The SMILES string of the molecule is N#Cc1ccc([C@H](Cl)C[C@@H](Cl)c2ccccc2)cc1. The first-order valence-electron chi connectivity index (χ1n) is 6.04. The maximum Gasteiger partial charge on any atom is 0.0991 e. The maximum absolute atomic E-state index is 8.76. The Morgan fingerprint density at radius 2 is 1.37 bits per heavy atom. The van der Waals surface area contributed by atoms with Gasteiger partial charge in [0.1, 0.15) is 0 Å². The molecule has 0 saturated heterocycles. The zero-order valence-electron chi connectivity index (χ0n) is 10.3. The largest absolute Gasteiger partial charge is 0.192 e. The molecule has 0 aromatic heterocycles. The number of hydrogen-bond acceptors (Lipinski definition) is 1. The Labute approximate surface area is 123 Å². The molecule has 1 nitrogen and oxygen atoms in total. The summed E-state index contributed by atoms with van der Waals surface area (Å²) < 4.78 is 0. The normalized spacial score (nSPS) is 13.5. The Kier molecular flexibility index (Phi) is 4.85. The highest BCUT2D eigenvalue weighted by Crippen LogP contribution is 2.35. The van der Waals surface area contributed by atoms with Crippen LogP contribution in [0, 0.1) is 11.3 Å². The molecular formula is C16H13Cl2N. The molecule has 0 unspecified atom stereocenters. The molecule has 2 rings (SSSR count). The molecule has 0 fully saturated rings. The summed E-state index contributed by atoms with van der Waals surface area (Å²) in [6, 6.07) is 19.3. The van der Waals surface area contributed by atoms with Crippen molar-refractivity contribution >= 4 is 23.2 Å². The third-order valence-electron chi connectivity index (χ3n) is 2.98. The van der Waals surface area contributed by atoms with E-state index < -0.39 is 0 Å². The highest BCUT2D eigenvalue weighted by Gasteiger charge is 2.15. The molecule has 2 aromatic carbocycles. The van der Waals surface area contributed by atoms with E-state index in [0.29, 0.717) is 12.0 Å². The molecule has 19 heavy (non-hydrogen) atoms. The first kappa shape index (κ1) is 13.9. The second kappa shape index (κ2) is 6.61. The van der Waals surface area contributed by atoms with E-state index in [1.807, 2.05) is 42.5 Å². The van der Waals surface area contributed by atoms with Crippen LogP contribution in [-0.2, 0) is 0 Å². The topological polar surface area (TPSA) is 23.8 Å². The van der Waals surface area contributed by atoms with E-state index in [1.165, 1.54) is 0 Å². The van der Waals surface area contributed by atoms with Crippen molar-refractivity contribution < 1.29 is 0 Å². The van der Waals surface area contributed by atoms with Crippen LogP contribution in [0.3, 0.4) is 0 Å². The first-order chi connectivity index (χ1) is 9.20. The predicted molar refractivity (Wildman–Crippen MR) is 79.4 cm³/mol. The molecule has 0 spiro atoms. The number of nitrogens with zero attached hydrogens (tertiary/aromatic N) is 1. The Morgan fingerprint density at radius 3 is 1.89 bits per heavy atom. The van der Waals surface area contributed by atoms with Gasteiger partial charge in [-0.25, -0.2) is 0 Å². The molecule has 0 aliphatic rings. The number of halogens is 2. The number of alkyl halides is 2. The number of nitriles is 1. The van der Waals surface area contributed by atoms with Crippen molar-refractivity contribution in [1.82, 2.24) is 0 Å². The molecule has 2 aromatic rings. The molecule has 96 valence electrons. The summed E-state index contributed by atoms with van der Waals surface area (Å²) in [5.41, 5.74) is 2.70. The van der Waals surface area contributed by atoms with Gasteiger partial charge in [0, 0.05) is 0 Å². The van der Waals surface area contributed by atoms with Gasteiger partial charge in [-0.15, -0.1) is 23.2 Å². The molecule has 0 saturated carbocycles. The van der Waals surface area contributed by atoms with Crippen molar-refractivity contribution in [3.8, 4) is 6.07 Å². The molecule has 0 bridgehead atoms. The van der Waals surface area contributed by atoms with Crippen LogP contribution in [0.15, 0.2) is 54.6 Å². The van der Waals surface area contributed by atoms with Gasteiger partial charge in [-0.05, 0) is 29.7 Å². The van der Waals surface area contributed by atoms with Crippen LogP contribution in [0.5, 0.6) is 0 Å². The predicted octanol–water partition coefficient (Wildman–Crippen LogP) is 5.21. The molecular weight excluding hydrogens is 277 g/mol. The van der Waals surface area contributed by atoms with Crippen molar-refractivity contribution in [2.75, 3.05) is 0 Å². The molecule has 0 N–H and O–H groups in total. The smallest absolute Gasteiger partial charge is 0.0991 e. The van der Waals surface area contributed by atoms with E-state index >= 15 is 0 Å². The minimum atomic E-state index is -0.157. The minimum Gasteiger partial charge on any atom is -0.192 e. The van der Waals surface area contributed by atoms with Gasteiger partial charge in [-0.1, -0.05) is 42.5 Å². The summed E-state index contributed by atoms with van der Waals surface area (Å²) in [6.45, 7) is 0. The lowest BCUT2D eigenvalue weighted by Crippen LogP contribution is -1.97. The third kappa shape index (κ3) is 3.73. The first-order valence-corrected chi connectivity index (χ1v) is 6.91. The molecule has 0 heterocycles. The lowest BCUT2D eigenvalue weighted by molar-refractivity contribution is 0.769. The summed E-state index contributed by atoms with van der Waals surface area (Å²) in [5, 5.41) is 8.49. The monoisotopic (exact) mass is 289 g/mol. The summed E-state index contributed by atoms with van der Waals surface area (Å²) >= 11 is 12.8. The van der Waals surface area contributed by atoms with E-state index in [9.17, 15) is 0 Å². The summed E-state index contributed by atoms with van der Waals surface area (Å²) in [5.74, 6) is 0. The van der Waals surface area contributed by atoms with Gasteiger partial charge in [0.2, 0.25) is 0 Å². The fourth-order valence-corrected chi connectivity index (χ4v) is 2.62. The van der Waals surface area contributed by atoms with Gasteiger partial charge in [-0.2, -0.15) is 5.26 Å². The van der Waals surface area contributed by atoms with Crippen LogP contribution in [0.4, 0.5) is 0 Å². The van der Waals surface area contributed by atoms with Crippen LogP contribution < -0.4 is 0 Å². The van der Waals surface area contributed by atoms with Crippen molar-refractivity contribution in [3.05, 3.63) is 71.3 Å². The molecule has 2 atom stereocenters. The van der Waals surface area contributed by atoms with E-state index in [0.717, 1.165) is 11.1 Å². The molecule has 0 aliphatic carbocycles. The van der Waals surface area contributed by atoms with Crippen molar-refractivity contribution in [1.29, 1.82) is 5.26 Å². The van der Waals surface area contributed by atoms with Gasteiger partial charge < -0.3 is 0 Å². The fraction of sp³-hybridized carbons (Fsp3) is 0.188. The lowest BCUT2D eigenvalue weighted by Gasteiger charge is -2.15. The van der Waals surface area contributed by atoms with Crippen LogP contribution >= 0.6 is 23.2 Å². The number of benzene rings is 2. The Balaban J connectivity index is 2.04. The summed E-state index contributed by atoms with van der Waals surface area (Å²) in [6.07, 6.45) is 0.652. The van der Waals surface area contributed by atoms with Gasteiger partial charge in [0.25, 0.3) is 0 Å². The average Bonchev–Trinajstić information content (AvgIpc) is 2.48. The second-order valence-corrected chi connectivity index (χ2v) is 5.37. The van der Waals surface area contributed by atoms with Crippen LogP contribution in [0.2, 0.25) is 0 Å². The minimum absolute atomic E-state index is 0.112. The molecule has 0 amide bonds. The van der Waals surface area contributed by atoms with Crippen LogP contribution in [-0.4, -0.2) is 0 Å². The highest BCUT2D eigenvalue weighted by atomic mass is 35.5. The molecule has 0 aliphatic heterocycles. The van der Waals surface area contributed by atoms with Crippen LogP contribution in [0.1, 0.15) is 33.9 Å². The standard InChI is InChI=1S/C16H13Cl2N/c17-15(13-4-2-1-3-5-13)10-16(18)14-8-6-12(11-19)7-9-14/h1-9,15-16H,10H2/t15-,16-/m1/s1. The van der Waals surface area contributed by atoms with Gasteiger partial charge in [0.05, 0.1) is 22.4 Å². The van der Waals surface area contributed by atoms with Crippen molar-refractivity contribution in [3.63, 3.8) is 0 Å². The van der Waals surface area contributed by atoms with E-state index in [1.54, 1.807) is 12.1 Å². The average molecular weight is 290 g/mol. The molecule has 0 radical (unpaired) electrons. The second-order valence-electron chi connectivity index (χ2n) is 4.32. The Hall–Kier alpha value is -1.49. The number of rotatable bonds is 4. The maximum atomic E-state index is 8.76. The fourth-order valence-electron chi connectivity index (χ4n) is 1.88. The van der Waals surface area contributed by atoms with E-state index in [2.05, 4.69) is 6.07 Å². The third-order valence-corrected chi connectivity index (χ3v) is 3.84. The summed E-state index contributed by atoms with van der Waals surface area (Å²) in [7, 11) is 0. The molecule has 3 heteroatoms. The summed E-state index contributed by atoms with van der Waals surface area (Å²) in [4.78, 5) is 0. The van der Waals surface area contributed by atoms with E-state index in [-0.39, 0.29) is 10.8 Å². The highest BCUT2D eigenvalue weighted by molar-refractivity contribution is 6.23. The van der Waals surface area contributed by atoms with Gasteiger partial charge in [0.15, 0.2) is 0 Å². The quantitative estimate of drug-likeness (QED) is 0.709. The zero-order valence-corrected chi connectivity index (χ0v) is 11.8. The lowest BCUT2D eigenvalue weighted by atomic mass is 10.0. The van der Waals surface area contributed by atoms with Crippen molar-refractivity contribution in [2.24, 2.45) is 0 Å². The Bertz CT molecular complexity index is 558. The van der Waals surface area contributed by atoms with Gasteiger partial charge >= 0.3 is 0 Å². The van der Waals surface area contributed by atoms with Crippen LogP contribution in [0.25, 0.3) is 0 Å². The van der Waals surface area contributed by atoms with Gasteiger partial charge in [-0.3, -0.25) is 0 Å². The zero-order chi connectivity index (χ0) is 13.7. The number of hydrogen-bond donors (Lipinski definition) is 0.